The summed E-state index contributed by atoms with van der Waals surface area (Å²) in [5.74, 6) is 0. The van der Waals surface area contributed by atoms with E-state index in [-0.39, 0.29) is 22.4 Å². The van der Waals surface area contributed by atoms with E-state index in [0.29, 0.717) is 0 Å². The number of alkyl halides is 2. The normalized spacial score (nSPS) is 17.1. The first-order chi connectivity index (χ1) is 10.7. The molecule has 1 unspecified atom stereocenters. The van der Waals surface area contributed by atoms with Crippen LogP contribution in [-0.2, 0) is 5.60 Å². The molecular weight excluding hydrogens is 266 g/mol. The maximum Gasteiger partial charge on any atom is 0.273 e. The van der Waals surface area contributed by atoms with Crippen molar-refractivity contribution in [2.24, 2.45) is 0 Å². The summed E-state index contributed by atoms with van der Waals surface area (Å²) in [6.45, 7) is -3.72. The molecule has 20 heavy (non-hydrogen) atoms. The van der Waals surface area contributed by atoms with Crippen LogP contribution >= 0.6 is 0 Å². The second-order valence-corrected chi connectivity index (χ2v) is 4.23. The molecule has 0 saturated heterocycles. The Labute approximate surface area is 119 Å². The van der Waals surface area contributed by atoms with Gasteiger partial charge in [-0.3, -0.25) is 9.97 Å². The number of aromatic nitrogens is 2. The van der Waals surface area contributed by atoms with Crippen LogP contribution in [0, 0.1) is 6.85 Å². The summed E-state index contributed by atoms with van der Waals surface area (Å²) in [6.07, 6.45) is 0.748. The zero-order valence-corrected chi connectivity index (χ0v) is 10.3. The van der Waals surface area contributed by atoms with Crippen LogP contribution in [0.2, 0.25) is 0 Å². The van der Waals surface area contributed by atoms with Crippen molar-refractivity contribution in [1.29, 1.82) is 0 Å². The Morgan fingerprint density at radius 3 is 2.75 bits per heavy atom. The number of aliphatic hydroxyl groups is 2. The average Bonchev–Trinajstić information content (AvgIpc) is 2.53. The lowest BCUT2D eigenvalue weighted by Crippen LogP contribution is -2.38. The van der Waals surface area contributed by atoms with E-state index in [0.717, 1.165) is 18.2 Å². The summed E-state index contributed by atoms with van der Waals surface area (Å²) in [7, 11) is 0. The molecule has 1 heterocycles. The summed E-state index contributed by atoms with van der Waals surface area (Å²) >= 11 is 0. The van der Waals surface area contributed by atoms with Gasteiger partial charge in [0.25, 0.3) is 6.43 Å². The second-order valence-electron chi connectivity index (χ2n) is 4.23. The van der Waals surface area contributed by atoms with Gasteiger partial charge in [-0.2, -0.15) is 0 Å². The van der Waals surface area contributed by atoms with E-state index in [1.54, 1.807) is 0 Å². The Morgan fingerprint density at radius 2 is 2.20 bits per heavy atom. The summed E-state index contributed by atoms with van der Waals surface area (Å²) in [5, 5.41) is 19.1. The second kappa shape index (κ2) is 5.60. The minimum Gasteiger partial charge on any atom is -0.393 e. The summed E-state index contributed by atoms with van der Waals surface area (Å²) in [6, 6.07) is 3.27. The maximum atomic E-state index is 13.1. The molecule has 0 amide bonds. The van der Waals surface area contributed by atoms with Crippen molar-refractivity contribution >= 4 is 0 Å². The van der Waals surface area contributed by atoms with Gasteiger partial charge >= 0.3 is 0 Å². The van der Waals surface area contributed by atoms with Crippen molar-refractivity contribution in [3.63, 3.8) is 0 Å². The number of rotatable bonds is 4. The fourth-order valence-electron chi connectivity index (χ4n) is 1.75. The van der Waals surface area contributed by atoms with Gasteiger partial charge in [0.2, 0.25) is 0 Å². The van der Waals surface area contributed by atoms with E-state index in [1.165, 1.54) is 18.6 Å². The minimum atomic E-state index is -3.25. The van der Waals surface area contributed by atoms with Crippen LogP contribution in [0.25, 0.3) is 11.3 Å². The predicted octanol–water partition coefficient (Wildman–Crippen LogP) is 1.90. The van der Waals surface area contributed by atoms with E-state index in [4.69, 9.17) is 9.22 Å². The Bertz CT molecular complexity index is 683. The molecule has 4 nitrogen and oxygen atoms in total. The highest BCUT2D eigenvalue weighted by Crippen LogP contribution is 2.32. The highest BCUT2D eigenvalue weighted by atomic mass is 19.3. The summed E-state index contributed by atoms with van der Waals surface area (Å²) < 4.78 is 48.8. The van der Waals surface area contributed by atoms with Gasteiger partial charge < -0.3 is 10.2 Å². The zero-order chi connectivity index (χ0) is 17.3. The summed E-state index contributed by atoms with van der Waals surface area (Å²) in [5.41, 5.74) is -3.00. The quantitative estimate of drug-likeness (QED) is 0.899. The molecular formula is C14H14F2N2O2. The van der Waals surface area contributed by atoms with Gasteiger partial charge in [-0.15, -0.1) is 0 Å². The van der Waals surface area contributed by atoms with Crippen molar-refractivity contribution in [2.45, 2.75) is 18.9 Å². The molecule has 6 heteroatoms. The standard InChI is InChI=1S/C14H14F2N2O2/c1-9-2-3-10(14(20,8-19)13(15)16)6-11(9)12-7-17-4-5-18-12/h2-7,13,19-20H,8H2,1H3/i1D3. The van der Waals surface area contributed by atoms with Gasteiger partial charge in [-0.05, 0) is 24.0 Å². The zero-order valence-electron chi connectivity index (χ0n) is 13.3. The largest absolute Gasteiger partial charge is 0.393 e. The molecule has 1 aromatic heterocycles. The number of hydrogen-bond donors (Lipinski definition) is 2. The van der Waals surface area contributed by atoms with Crippen LogP contribution < -0.4 is 0 Å². The van der Waals surface area contributed by atoms with E-state index >= 15 is 0 Å². The molecule has 0 fully saturated rings. The van der Waals surface area contributed by atoms with Crippen molar-refractivity contribution in [3.05, 3.63) is 47.9 Å². The molecule has 0 saturated carbocycles. The molecule has 0 aliphatic rings. The van der Waals surface area contributed by atoms with Crippen LogP contribution in [0.3, 0.4) is 0 Å². The third-order valence-electron chi connectivity index (χ3n) is 2.96. The third-order valence-corrected chi connectivity index (χ3v) is 2.96. The van der Waals surface area contributed by atoms with E-state index in [2.05, 4.69) is 9.97 Å². The van der Waals surface area contributed by atoms with E-state index in [1.807, 2.05) is 0 Å². The van der Waals surface area contributed by atoms with Crippen molar-refractivity contribution in [2.75, 3.05) is 6.61 Å². The lowest BCUT2D eigenvalue weighted by molar-refractivity contribution is -0.129. The van der Waals surface area contributed by atoms with Gasteiger partial charge in [0, 0.05) is 22.1 Å². The molecule has 0 spiro atoms. The monoisotopic (exact) mass is 283 g/mol. The fraction of sp³-hybridized carbons (Fsp3) is 0.286. The van der Waals surface area contributed by atoms with Crippen LogP contribution in [0.1, 0.15) is 15.2 Å². The minimum absolute atomic E-state index is 0.0446. The fourth-order valence-corrected chi connectivity index (χ4v) is 1.75. The molecule has 2 N–H and O–H groups in total. The lowest BCUT2D eigenvalue weighted by Gasteiger charge is -2.26. The molecule has 1 atom stereocenters. The van der Waals surface area contributed by atoms with Gasteiger partial charge in [0.15, 0.2) is 5.60 Å². The molecule has 0 bridgehead atoms. The highest BCUT2D eigenvalue weighted by molar-refractivity contribution is 5.64. The number of hydrogen-bond acceptors (Lipinski definition) is 4. The number of nitrogens with zero attached hydrogens (tertiary/aromatic N) is 2. The third kappa shape index (κ3) is 2.52. The SMILES string of the molecule is [2H]C([2H])([2H])c1ccc(C(O)(CO)C(F)F)cc1-c1cnccn1. The molecule has 0 radical (unpaired) electrons. The van der Waals surface area contributed by atoms with E-state index < -0.39 is 25.5 Å². The first-order valence-corrected chi connectivity index (χ1v) is 5.73. The lowest BCUT2D eigenvalue weighted by atomic mass is 9.91. The number of aryl methyl sites for hydroxylation is 1. The first-order valence-electron chi connectivity index (χ1n) is 7.23. The van der Waals surface area contributed by atoms with E-state index in [9.17, 15) is 13.9 Å². The van der Waals surface area contributed by atoms with Crippen LogP contribution in [0.4, 0.5) is 8.78 Å². The van der Waals surface area contributed by atoms with Crippen molar-refractivity contribution in [1.82, 2.24) is 9.97 Å². The van der Waals surface area contributed by atoms with Crippen LogP contribution in [0.15, 0.2) is 36.8 Å². The van der Waals surface area contributed by atoms with Gasteiger partial charge in [0.05, 0.1) is 18.5 Å². The number of halogens is 2. The van der Waals surface area contributed by atoms with Crippen molar-refractivity contribution < 1.29 is 23.1 Å². The Hall–Kier alpha value is -1.92. The van der Waals surface area contributed by atoms with Crippen LogP contribution in [-0.4, -0.2) is 33.2 Å². The molecule has 0 aliphatic carbocycles. The molecule has 0 aliphatic heterocycles. The molecule has 1 aromatic carbocycles. The molecule has 106 valence electrons. The first kappa shape index (κ1) is 10.8. The Balaban J connectivity index is 2.68. The van der Waals surface area contributed by atoms with Gasteiger partial charge in [0.1, 0.15) is 0 Å². The highest BCUT2D eigenvalue weighted by Gasteiger charge is 2.39. The summed E-state index contributed by atoms with van der Waals surface area (Å²) in [4.78, 5) is 7.80. The van der Waals surface area contributed by atoms with Crippen molar-refractivity contribution in [3.8, 4) is 11.3 Å². The van der Waals surface area contributed by atoms with Gasteiger partial charge in [-0.1, -0.05) is 12.1 Å². The smallest absolute Gasteiger partial charge is 0.273 e. The number of benzene rings is 1. The number of aliphatic hydroxyl groups excluding tert-OH is 1. The topological polar surface area (TPSA) is 66.2 Å². The van der Waals surface area contributed by atoms with Crippen LogP contribution in [0.5, 0.6) is 0 Å². The molecule has 2 aromatic rings. The Kier molecular flexibility index (Phi) is 3.03. The average molecular weight is 283 g/mol. The predicted molar refractivity (Wildman–Crippen MR) is 69.2 cm³/mol. The molecule has 2 rings (SSSR count). The maximum absolute atomic E-state index is 13.1. The van der Waals surface area contributed by atoms with Gasteiger partial charge in [-0.25, -0.2) is 8.78 Å². The Morgan fingerprint density at radius 1 is 1.40 bits per heavy atom.